The number of imide groups is 2. The van der Waals surface area contributed by atoms with Crippen molar-refractivity contribution in [2.75, 3.05) is 74.0 Å². The van der Waals surface area contributed by atoms with E-state index in [0.29, 0.717) is 80.7 Å². The summed E-state index contributed by atoms with van der Waals surface area (Å²) in [6, 6.07) is 12.0. The number of carbonyl (C=O) groups is 5. The highest BCUT2D eigenvalue weighted by atomic mass is 19.1. The van der Waals surface area contributed by atoms with E-state index in [4.69, 9.17) is 4.42 Å². The molecule has 3 fully saturated rings. The van der Waals surface area contributed by atoms with Crippen LogP contribution in [-0.4, -0.2) is 119 Å². The van der Waals surface area contributed by atoms with Crippen LogP contribution < -0.4 is 26.1 Å². The van der Waals surface area contributed by atoms with Gasteiger partial charge in [-0.3, -0.25) is 39.1 Å². The molecule has 1 unspecified atom stereocenters. The fourth-order valence-corrected chi connectivity index (χ4v) is 7.24. The number of fused-ring (bicyclic) bond motifs is 2. The number of rotatable bonds is 7. The molecule has 272 valence electrons. The Hall–Kier alpha value is -6.23. The number of piperidine rings is 1. The van der Waals surface area contributed by atoms with Crippen LogP contribution in [-0.2, 0) is 14.4 Å². The van der Waals surface area contributed by atoms with Crippen molar-refractivity contribution in [3.05, 3.63) is 82.1 Å². The summed E-state index contributed by atoms with van der Waals surface area (Å²) >= 11 is 0. The number of nitrogens with zero attached hydrogens (tertiary/aromatic N) is 7. The molecule has 53 heavy (non-hydrogen) atoms. The van der Waals surface area contributed by atoms with Gasteiger partial charge in [-0.15, -0.1) is 0 Å². The quantitative estimate of drug-likeness (QED) is 0.206. The molecule has 4 aliphatic heterocycles. The Morgan fingerprint density at radius 2 is 1.68 bits per heavy atom. The van der Waals surface area contributed by atoms with Crippen molar-refractivity contribution >= 4 is 63.6 Å². The van der Waals surface area contributed by atoms with E-state index in [1.165, 1.54) is 6.07 Å². The zero-order valence-corrected chi connectivity index (χ0v) is 28.4. The van der Waals surface area contributed by atoms with Crippen LogP contribution in [0.25, 0.3) is 11.0 Å². The molecule has 2 aromatic heterocycles. The second-order valence-corrected chi connectivity index (χ2v) is 13.3. The van der Waals surface area contributed by atoms with E-state index in [1.807, 2.05) is 9.80 Å². The number of amides is 5. The molecule has 0 aliphatic carbocycles. The molecule has 0 saturated carbocycles. The van der Waals surface area contributed by atoms with Crippen LogP contribution in [0.3, 0.4) is 0 Å². The maximum atomic E-state index is 14.7. The number of hydrogen-bond acceptors (Lipinski definition) is 13. The van der Waals surface area contributed by atoms with Crippen molar-refractivity contribution < 1.29 is 32.8 Å². The number of anilines is 4. The van der Waals surface area contributed by atoms with Crippen LogP contribution >= 0.6 is 0 Å². The first-order valence-corrected chi connectivity index (χ1v) is 17.3. The molecule has 2 aromatic carbocycles. The number of hydrogen-bond donors (Lipinski definition) is 2. The molecular formula is C36H34FN9O7. The van der Waals surface area contributed by atoms with Gasteiger partial charge in [-0.2, -0.15) is 4.98 Å². The van der Waals surface area contributed by atoms with Crippen molar-refractivity contribution in [2.24, 2.45) is 0 Å². The summed E-state index contributed by atoms with van der Waals surface area (Å²) in [7, 11) is 0. The number of carbonyl (C=O) groups excluding carboxylic acids is 5. The summed E-state index contributed by atoms with van der Waals surface area (Å²) < 4.78 is 19.9. The van der Waals surface area contributed by atoms with Crippen LogP contribution in [0, 0.1) is 5.82 Å². The Morgan fingerprint density at radius 3 is 2.45 bits per heavy atom. The lowest BCUT2D eigenvalue weighted by Gasteiger charge is -2.39. The molecule has 0 spiro atoms. The maximum absolute atomic E-state index is 14.7. The molecule has 0 bridgehead atoms. The van der Waals surface area contributed by atoms with Crippen LogP contribution in [0.4, 0.5) is 27.5 Å². The van der Waals surface area contributed by atoms with Gasteiger partial charge in [0.05, 0.1) is 29.6 Å². The Bertz CT molecular complexity index is 2230. The third-order valence-corrected chi connectivity index (χ3v) is 10.0. The van der Waals surface area contributed by atoms with Gasteiger partial charge in [0.2, 0.25) is 23.7 Å². The van der Waals surface area contributed by atoms with Crippen molar-refractivity contribution in [1.82, 2.24) is 30.0 Å². The van der Waals surface area contributed by atoms with Crippen molar-refractivity contribution in [1.29, 1.82) is 0 Å². The molecular weight excluding hydrogens is 689 g/mol. The Morgan fingerprint density at radius 1 is 0.906 bits per heavy atom. The second kappa shape index (κ2) is 13.7. The van der Waals surface area contributed by atoms with E-state index in [2.05, 4.69) is 25.5 Å². The molecule has 0 radical (unpaired) electrons. The lowest BCUT2D eigenvalue weighted by atomic mass is 10.0. The average molecular weight is 724 g/mol. The zero-order valence-electron chi connectivity index (χ0n) is 28.4. The molecule has 8 rings (SSSR count). The largest absolute Gasteiger partial charge is 0.423 e. The van der Waals surface area contributed by atoms with Crippen molar-refractivity contribution in [3.63, 3.8) is 0 Å². The number of aromatic nitrogens is 2. The second-order valence-electron chi connectivity index (χ2n) is 13.3. The molecule has 16 nitrogen and oxygen atoms in total. The SMILES string of the molecule is O=C1CCC(N2C(=O)c3cccc(N4CCN(CC(=O)N5CCN(c6ncc(F)c(Nc7ccc8oc(=O)ccc8c7)n6)CC5)CC4)c3C2=O)C(=O)N1. The molecule has 17 heteroatoms. The predicted octanol–water partition coefficient (Wildman–Crippen LogP) is 1.34. The monoisotopic (exact) mass is 723 g/mol. The van der Waals surface area contributed by atoms with Crippen LogP contribution in [0.1, 0.15) is 33.6 Å². The molecule has 6 heterocycles. The minimum absolute atomic E-state index is 0.00699. The van der Waals surface area contributed by atoms with E-state index in [9.17, 15) is 33.2 Å². The van der Waals surface area contributed by atoms with E-state index in [1.54, 1.807) is 47.4 Å². The van der Waals surface area contributed by atoms with Gasteiger partial charge < -0.3 is 24.4 Å². The molecule has 3 saturated heterocycles. The van der Waals surface area contributed by atoms with Gasteiger partial charge in [-0.05, 0) is 42.8 Å². The summed E-state index contributed by atoms with van der Waals surface area (Å²) in [5, 5.41) is 5.86. The first-order chi connectivity index (χ1) is 25.6. The smallest absolute Gasteiger partial charge is 0.336 e. The van der Waals surface area contributed by atoms with Crippen molar-refractivity contribution in [3.8, 4) is 0 Å². The number of halogens is 1. The predicted molar refractivity (Wildman–Crippen MR) is 188 cm³/mol. The van der Waals surface area contributed by atoms with E-state index in [-0.39, 0.29) is 42.2 Å². The number of benzene rings is 2. The lowest BCUT2D eigenvalue weighted by Crippen LogP contribution is -2.54. The summed E-state index contributed by atoms with van der Waals surface area (Å²) in [5.74, 6) is -2.50. The van der Waals surface area contributed by atoms with E-state index >= 15 is 0 Å². The average Bonchev–Trinajstić information content (AvgIpc) is 3.41. The standard InChI is InChI=1S/C36H34FN9O7/c37-24-19-38-36(41-32(24)39-22-5-7-27-21(18-22)4-9-30(49)53-27)45-16-14-44(15-17-45)29(48)20-42-10-12-43(13-11-42)25-3-1-2-23-31(25)35(52)46(34(23)51)26-6-8-28(47)40-33(26)50/h1-5,7,9,18-19,26H,6,8,10-17,20H2,(H,38,39,41)(H,40,47,50). The number of nitrogens with one attached hydrogen (secondary N) is 2. The fourth-order valence-electron chi connectivity index (χ4n) is 7.24. The van der Waals surface area contributed by atoms with E-state index in [0.717, 1.165) is 11.1 Å². The first kappa shape index (κ1) is 33.9. The van der Waals surface area contributed by atoms with Gasteiger partial charge in [0.25, 0.3) is 11.8 Å². The van der Waals surface area contributed by atoms with Gasteiger partial charge in [-0.25, -0.2) is 14.2 Å². The number of piperazine rings is 2. The van der Waals surface area contributed by atoms with Gasteiger partial charge >= 0.3 is 5.63 Å². The van der Waals surface area contributed by atoms with Crippen LogP contribution in [0.15, 0.2) is 63.9 Å². The normalized spacial score (nSPS) is 19.5. The molecule has 5 amide bonds. The van der Waals surface area contributed by atoms with Crippen LogP contribution in [0.2, 0.25) is 0 Å². The summed E-state index contributed by atoms with van der Waals surface area (Å²) in [4.78, 5) is 93.1. The van der Waals surface area contributed by atoms with E-state index < -0.39 is 41.1 Å². The minimum atomic E-state index is -1.04. The molecule has 1 atom stereocenters. The summed E-state index contributed by atoms with van der Waals surface area (Å²) in [6.45, 7) is 4.16. The Kier molecular flexibility index (Phi) is 8.77. The fraction of sp³-hybridized carbons (Fsp3) is 0.333. The van der Waals surface area contributed by atoms with Gasteiger partial charge in [-0.1, -0.05) is 6.07 Å². The highest BCUT2D eigenvalue weighted by Gasteiger charge is 2.46. The summed E-state index contributed by atoms with van der Waals surface area (Å²) in [6.07, 6.45) is 1.24. The topological polar surface area (TPSA) is 182 Å². The van der Waals surface area contributed by atoms with Crippen molar-refractivity contribution in [2.45, 2.75) is 18.9 Å². The third kappa shape index (κ3) is 6.54. The lowest BCUT2D eigenvalue weighted by molar-refractivity contribution is -0.136. The highest BCUT2D eigenvalue weighted by Crippen LogP contribution is 2.35. The Labute approximate surface area is 301 Å². The van der Waals surface area contributed by atoms with Gasteiger partial charge in [0.15, 0.2) is 11.6 Å². The highest BCUT2D eigenvalue weighted by molar-refractivity contribution is 6.25. The molecule has 2 N–H and O–H groups in total. The maximum Gasteiger partial charge on any atom is 0.336 e. The molecule has 4 aromatic rings. The zero-order chi connectivity index (χ0) is 36.8. The first-order valence-electron chi connectivity index (χ1n) is 17.3. The Balaban J connectivity index is 0.847. The van der Waals surface area contributed by atoms with Gasteiger partial charge in [0, 0.05) is 75.9 Å². The van der Waals surface area contributed by atoms with Crippen LogP contribution in [0.5, 0.6) is 0 Å². The summed E-state index contributed by atoms with van der Waals surface area (Å²) in [5.41, 5.74) is 1.59. The molecule has 4 aliphatic rings. The minimum Gasteiger partial charge on any atom is -0.423 e. The van der Waals surface area contributed by atoms with Gasteiger partial charge in [0.1, 0.15) is 11.6 Å². The third-order valence-electron chi connectivity index (χ3n) is 10.0.